The van der Waals surface area contributed by atoms with Gasteiger partial charge < -0.3 is 5.73 Å². The number of hydrogen-bond donors (Lipinski definition) is 1. The summed E-state index contributed by atoms with van der Waals surface area (Å²) in [5, 5.41) is 0. The molecule has 1 heteroatoms. The predicted octanol–water partition coefficient (Wildman–Crippen LogP) is 5.03. The Balaban J connectivity index is 1.66. The minimum atomic E-state index is 0.228. The average Bonchev–Trinajstić information content (AvgIpc) is 2.36. The van der Waals surface area contributed by atoms with Crippen molar-refractivity contribution in [2.24, 2.45) is 28.4 Å². The maximum atomic E-state index is 6.93. The van der Waals surface area contributed by atoms with Crippen molar-refractivity contribution >= 4 is 0 Å². The van der Waals surface area contributed by atoms with Gasteiger partial charge in [0.25, 0.3) is 0 Å². The van der Waals surface area contributed by atoms with Crippen LogP contribution in [-0.4, -0.2) is 5.54 Å². The Morgan fingerprint density at radius 3 is 2.45 bits per heavy atom. The van der Waals surface area contributed by atoms with Crippen LogP contribution in [0.3, 0.4) is 0 Å². The van der Waals surface area contributed by atoms with Gasteiger partial charge in [-0.3, -0.25) is 0 Å². The molecule has 0 aromatic rings. The molecule has 0 aromatic carbocycles. The first kappa shape index (κ1) is 13.6. The molecule has 5 rings (SSSR count). The lowest BCUT2D eigenvalue weighted by molar-refractivity contribution is -0.154. The van der Waals surface area contributed by atoms with E-state index in [4.69, 9.17) is 5.73 Å². The molecule has 5 aliphatic rings. The predicted molar refractivity (Wildman–Crippen MR) is 84.5 cm³/mol. The number of hydrogen-bond acceptors (Lipinski definition) is 1. The van der Waals surface area contributed by atoms with Gasteiger partial charge in [-0.25, -0.2) is 0 Å². The minimum absolute atomic E-state index is 0.228. The van der Waals surface area contributed by atoms with Crippen LogP contribution >= 0.6 is 0 Å². The molecule has 4 bridgehead atoms. The summed E-state index contributed by atoms with van der Waals surface area (Å²) >= 11 is 0. The minimum Gasteiger partial charge on any atom is -0.325 e. The first-order valence-electron chi connectivity index (χ1n) is 9.36. The maximum absolute atomic E-state index is 6.93. The van der Waals surface area contributed by atoms with Crippen molar-refractivity contribution in [2.45, 2.75) is 95.9 Å². The Morgan fingerprint density at radius 1 is 0.950 bits per heavy atom. The van der Waals surface area contributed by atoms with Gasteiger partial charge in [0, 0.05) is 5.54 Å². The standard InChI is InChI=1S/C19H33N/c1-2-8-17-9-15-10-18(12-17,14-19(20,11-15)13-17)16-6-4-3-5-7-16/h15-16H,2-14,20H2,1H3. The molecule has 0 aromatic heterocycles. The van der Waals surface area contributed by atoms with Crippen molar-refractivity contribution in [1.29, 1.82) is 0 Å². The quantitative estimate of drug-likeness (QED) is 0.767. The molecule has 0 radical (unpaired) electrons. The zero-order valence-corrected chi connectivity index (χ0v) is 13.4. The summed E-state index contributed by atoms with van der Waals surface area (Å²) in [5.41, 5.74) is 8.48. The van der Waals surface area contributed by atoms with Gasteiger partial charge in [0.05, 0.1) is 0 Å². The van der Waals surface area contributed by atoms with Gasteiger partial charge >= 0.3 is 0 Å². The summed E-state index contributed by atoms with van der Waals surface area (Å²) in [5.74, 6) is 2.00. The highest BCUT2D eigenvalue weighted by Gasteiger charge is 2.63. The summed E-state index contributed by atoms with van der Waals surface area (Å²) in [6, 6.07) is 0. The van der Waals surface area contributed by atoms with Gasteiger partial charge in [0.15, 0.2) is 0 Å². The lowest BCUT2D eigenvalue weighted by Gasteiger charge is -2.68. The van der Waals surface area contributed by atoms with E-state index in [1.54, 1.807) is 12.8 Å². The van der Waals surface area contributed by atoms with Crippen LogP contribution in [0.5, 0.6) is 0 Å². The molecule has 1 nitrogen and oxygen atoms in total. The van der Waals surface area contributed by atoms with Crippen LogP contribution in [0.4, 0.5) is 0 Å². The number of nitrogens with two attached hydrogens (primary N) is 1. The molecule has 0 aliphatic heterocycles. The van der Waals surface area contributed by atoms with Crippen LogP contribution in [0.2, 0.25) is 0 Å². The van der Waals surface area contributed by atoms with Crippen molar-refractivity contribution in [3.63, 3.8) is 0 Å². The third-order valence-electron chi connectivity index (χ3n) is 7.52. The zero-order valence-electron chi connectivity index (χ0n) is 13.4. The second kappa shape index (κ2) is 4.48. The van der Waals surface area contributed by atoms with E-state index in [2.05, 4.69) is 6.92 Å². The van der Waals surface area contributed by atoms with Crippen LogP contribution in [0.15, 0.2) is 0 Å². The van der Waals surface area contributed by atoms with Crippen LogP contribution in [0, 0.1) is 22.7 Å². The van der Waals surface area contributed by atoms with E-state index in [-0.39, 0.29) is 5.54 Å². The molecule has 114 valence electrons. The summed E-state index contributed by atoms with van der Waals surface area (Å²) in [6.07, 6.45) is 19.0. The molecular formula is C19H33N. The third-order valence-corrected chi connectivity index (χ3v) is 7.52. The zero-order chi connectivity index (χ0) is 13.8. The molecule has 5 aliphatic carbocycles. The molecule has 0 heterocycles. The molecule has 0 saturated heterocycles. The molecule has 2 N–H and O–H groups in total. The van der Waals surface area contributed by atoms with E-state index < -0.39 is 0 Å². The maximum Gasteiger partial charge on any atom is 0.0167 e. The van der Waals surface area contributed by atoms with Gasteiger partial charge in [0.2, 0.25) is 0 Å². The Hall–Kier alpha value is -0.0400. The monoisotopic (exact) mass is 275 g/mol. The normalized spacial score (nSPS) is 51.6. The number of rotatable bonds is 3. The average molecular weight is 275 g/mol. The van der Waals surface area contributed by atoms with Crippen LogP contribution in [0.1, 0.15) is 90.4 Å². The molecule has 0 spiro atoms. The lowest BCUT2D eigenvalue weighted by Crippen LogP contribution is -2.65. The van der Waals surface area contributed by atoms with E-state index >= 15 is 0 Å². The molecule has 4 atom stereocenters. The molecule has 0 amide bonds. The fraction of sp³-hybridized carbons (Fsp3) is 1.00. The Bertz CT molecular complexity index is 385. The smallest absolute Gasteiger partial charge is 0.0167 e. The summed E-state index contributed by atoms with van der Waals surface area (Å²) < 4.78 is 0. The fourth-order valence-corrected chi connectivity index (χ4v) is 7.77. The van der Waals surface area contributed by atoms with E-state index in [0.717, 1.165) is 11.8 Å². The third kappa shape index (κ3) is 1.99. The SMILES string of the molecule is CCCC12CC3CC(N)(C1)CC(C1CCCCC1)(C3)C2. The summed E-state index contributed by atoms with van der Waals surface area (Å²) in [6.45, 7) is 2.38. The van der Waals surface area contributed by atoms with Crippen molar-refractivity contribution in [2.75, 3.05) is 0 Å². The van der Waals surface area contributed by atoms with Gasteiger partial charge in [-0.15, -0.1) is 0 Å². The second-order valence-electron chi connectivity index (χ2n) is 9.32. The van der Waals surface area contributed by atoms with E-state index in [0.29, 0.717) is 10.8 Å². The fourth-order valence-electron chi connectivity index (χ4n) is 7.77. The highest BCUT2D eigenvalue weighted by molar-refractivity contribution is 5.16. The molecular weight excluding hydrogens is 242 g/mol. The topological polar surface area (TPSA) is 26.0 Å². The van der Waals surface area contributed by atoms with E-state index in [1.807, 2.05) is 0 Å². The van der Waals surface area contributed by atoms with E-state index in [1.165, 1.54) is 70.6 Å². The molecule has 5 fully saturated rings. The van der Waals surface area contributed by atoms with Gasteiger partial charge in [-0.05, 0) is 80.5 Å². The van der Waals surface area contributed by atoms with Crippen molar-refractivity contribution in [1.82, 2.24) is 0 Å². The Morgan fingerprint density at radius 2 is 1.75 bits per heavy atom. The Kier molecular flexibility index (Phi) is 3.05. The first-order chi connectivity index (χ1) is 9.57. The van der Waals surface area contributed by atoms with Gasteiger partial charge in [0.1, 0.15) is 0 Å². The molecule has 20 heavy (non-hydrogen) atoms. The Labute approximate surface area is 125 Å². The van der Waals surface area contributed by atoms with Crippen molar-refractivity contribution < 1.29 is 0 Å². The first-order valence-corrected chi connectivity index (χ1v) is 9.36. The van der Waals surface area contributed by atoms with E-state index in [9.17, 15) is 0 Å². The largest absolute Gasteiger partial charge is 0.325 e. The summed E-state index contributed by atoms with van der Waals surface area (Å²) in [4.78, 5) is 0. The van der Waals surface area contributed by atoms with Crippen LogP contribution in [0.25, 0.3) is 0 Å². The van der Waals surface area contributed by atoms with Crippen LogP contribution < -0.4 is 5.73 Å². The molecule has 5 saturated carbocycles. The van der Waals surface area contributed by atoms with Gasteiger partial charge in [-0.2, -0.15) is 0 Å². The highest BCUT2D eigenvalue weighted by atomic mass is 14.8. The van der Waals surface area contributed by atoms with Crippen molar-refractivity contribution in [3.05, 3.63) is 0 Å². The second-order valence-corrected chi connectivity index (χ2v) is 9.32. The molecule has 4 unspecified atom stereocenters. The van der Waals surface area contributed by atoms with Crippen LogP contribution in [-0.2, 0) is 0 Å². The highest BCUT2D eigenvalue weighted by Crippen LogP contribution is 2.70. The lowest BCUT2D eigenvalue weighted by atomic mass is 9.38. The van der Waals surface area contributed by atoms with Gasteiger partial charge in [-0.1, -0.05) is 32.6 Å². The summed E-state index contributed by atoms with van der Waals surface area (Å²) in [7, 11) is 0. The van der Waals surface area contributed by atoms with Crippen molar-refractivity contribution in [3.8, 4) is 0 Å².